The van der Waals surface area contributed by atoms with Gasteiger partial charge in [-0.2, -0.15) is 0 Å². The number of hydrogen-bond acceptors (Lipinski definition) is 1. The molecule has 0 aromatic heterocycles. The first-order valence-electron chi connectivity index (χ1n) is 4.92. The summed E-state index contributed by atoms with van der Waals surface area (Å²) in [6.07, 6.45) is 4.66. The molecule has 0 aliphatic carbocycles. The summed E-state index contributed by atoms with van der Waals surface area (Å²) in [7, 11) is 0. The van der Waals surface area contributed by atoms with Gasteiger partial charge in [-0.15, -0.1) is 6.58 Å². The average molecular weight is 170 g/mol. The van der Waals surface area contributed by atoms with E-state index in [1.54, 1.807) is 0 Å². The lowest BCUT2D eigenvalue weighted by Gasteiger charge is -2.24. The van der Waals surface area contributed by atoms with E-state index in [-0.39, 0.29) is 6.10 Å². The molecular weight excluding hydrogens is 148 g/mol. The van der Waals surface area contributed by atoms with Crippen LogP contribution in [0.5, 0.6) is 0 Å². The summed E-state index contributed by atoms with van der Waals surface area (Å²) in [6, 6.07) is 0. The molecule has 72 valence electrons. The van der Waals surface area contributed by atoms with Crippen molar-refractivity contribution in [3.63, 3.8) is 0 Å². The Morgan fingerprint density at radius 1 is 1.42 bits per heavy atom. The molecule has 1 nitrogen and oxygen atoms in total. The zero-order valence-electron chi connectivity index (χ0n) is 8.59. The fourth-order valence-electron chi connectivity index (χ4n) is 1.58. The standard InChI is InChI=1S/C11H22O/c1-5-7-10(9(3)4)11(12)8-6-2/h5,9-12H,1,6-8H2,2-4H3/t10-,11+/m0/s1. The molecule has 1 heteroatoms. The van der Waals surface area contributed by atoms with Crippen LogP contribution in [0.3, 0.4) is 0 Å². The molecule has 12 heavy (non-hydrogen) atoms. The van der Waals surface area contributed by atoms with E-state index < -0.39 is 0 Å². The molecule has 0 spiro atoms. The summed E-state index contributed by atoms with van der Waals surface area (Å²) in [5.41, 5.74) is 0. The van der Waals surface area contributed by atoms with Gasteiger partial charge in [-0.25, -0.2) is 0 Å². The van der Waals surface area contributed by atoms with Gasteiger partial charge in [-0.3, -0.25) is 0 Å². The summed E-state index contributed by atoms with van der Waals surface area (Å²) in [5, 5.41) is 9.76. The minimum absolute atomic E-state index is 0.145. The minimum Gasteiger partial charge on any atom is -0.393 e. The second kappa shape index (κ2) is 6.24. The molecular formula is C11H22O. The second-order valence-corrected chi connectivity index (χ2v) is 3.79. The molecule has 0 bridgehead atoms. The Bertz CT molecular complexity index is 118. The number of aliphatic hydroxyl groups is 1. The molecule has 0 aliphatic rings. The Balaban J connectivity index is 3.98. The molecule has 0 unspecified atom stereocenters. The van der Waals surface area contributed by atoms with E-state index in [0.717, 1.165) is 19.3 Å². The zero-order chi connectivity index (χ0) is 9.56. The maximum Gasteiger partial charge on any atom is 0.0573 e. The Morgan fingerprint density at radius 2 is 2.00 bits per heavy atom. The molecule has 0 radical (unpaired) electrons. The van der Waals surface area contributed by atoms with Gasteiger partial charge in [0.15, 0.2) is 0 Å². The number of aliphatic hydroxyl groups excluding tert-OH is 1. The van der Waals surface area contributed by atoms with Gasteiger partial charge in [0, 0.05) is 0 Å². The lowest BCUT2D eigenvalue weighted by Crippen LogP contribution is -2.24. The molecule has 0 amide bonds. The fraction of sp³-hybridized carbons (Fsp3) is 0.818. The van der Waals surface area contributed by atoms with E-state index in [1.807, 2.05) is 6.08 Å². The second-order valence-electron chi connectivity index (χ2n) is 3.79. The van der Waals surface area contributed by atoms with Crippen LogP contribution in [0.4, 0.5) is 0 Å². The molecule has 0 heterocycles. The zero-order valence-corrected chi connectivity index (χ0v) is 8.59. The normalized spacial score (nSPS) is 16.1. The molecule has 0 rings (SSSR count). The van der Waals surface area contributed by atoms with Crippen molar-refractivity contribution in [2.24, 2.45) is 11.8 Å². The molecule has 0 aromatic rings. The van der Waals surface area contributed by atoms with Crippen molar-refractivity contribution in [2.75, 3.05) is 0 Å². The minimum atomic E-state index is -0.145. The maximum atomic E-state index is 9.76. The van der Waals surface area contributed by atoms with Gasteiger partial charge in [0.2, 0.25) is 0 Å². The first-order valence-corrected chi connectivity index (χ1v) is 4.92. The number of rotatable bonds is 6. The van der Waals surface area contributed by atoms with Crippen molar-refractivity contribution in [2.45, 2.75) is 46.1 Å². The van der Waals surface area contributed by atoms with Crippen LogP contribution in [0, 0.1) is 11.8 Å². The molecule has 2 atom stereocenters. The maximum absolute atomic E-state index is 9.76. The van der Waals surface area contributed by atoms with E-state index in [2.05, 4.69) is 27.4 Å². The van der Waals surface area contributed by atoms with Crippen LogP contribution >= 0.6 is 0 Å². The van der Waals surface area contributed by atoms with Gasteiger partial charge in [0.1, 0.15) is 0 Å². The highest BCUT2D eigenvalue weighted by molar-refractivity contribution is 4.79. The Morgan fingerprint density at radius 3 is 2.33 bits per heavy atom. The van der Waals surface area contributed by atoms with Crippen molar-refractivity contribution in [3.05, 3.63) is 12.7 Å². The molecule has 0 saturated carbocycles. The third-order valence-corrected chi connectivity index (χ3v) is 2.37. The number of allylic oxidation sites excluding steroid dienone is 1. The summed E-state index contributed by atoms with van der Waals surface area (Å²) in [4.78, 5) is 0. The van der Waals surface area contributed by atoms with Crippen LogP contribution < -0.4 is 0 Å². The first-order chi connectivity index (χ1) is 5.63. The van der Waals surface area contributed by atoms with E-state index in [1.165, 1.54) is 0 Å². The van der Waals surface area contributed by atoms with E-state index in [0.29, 0.717) is 11.8 Å². The van der Waals surface area contributed by atoms with E-state index in [9.17, 15) is 5.11 Å². The largest absolute Gasteiger partial charge is 0.393 e. The highest BCUT2D eigenvalue weighted by Gasteiger charge is 2.19. The summed E-state index contributed by atoms with van der Waals surface area (Å²) >= 11 is 0. The Labute approximate surface area is 76.5 Å². The third-order valence-electron chi connectivity index (χ3n) is 2.37. The Hall–Kier alpha value is -0.300. The topological polar surface area (TPSA) is 20.2 Å². The van der Waals surface area contributed by atoms with Crippen LogP contribution in [0.25, 0.3) is 0 Å². The highest BCUT2D eigenvalue weighted by Crippen LogP contribution is 2.22. The highest BCUT2D eigenvalue weighted by atomic mass is 16.3. The van der Waals surface area contributed by atoms with Crippen molar-refractivity contribution in [1.82, 2.24) is 0 Å². The van der Waals surface area contributed by atoms with Crippen LogP contribution in [-0.2, 0) is 0 Å². The molecule has 0 aliphatic heterocycles. The van der Waals surface area contributed by atoms with Crippen molar-refractivity contribution in [3.8, 4) is 0 Å². The van der Waals surface area contributed by atoms with Crippen molar-refractivity contribution < 1.29 is 5.11 Å². The monoisotopic (exact) mass is 170 g/mol. The molecule has 0 fully saturated rings. The van der Waals surface area contributed by atoms with Crippen molar-refractivity contribution in [1.29, 1.82) is 0 Å². The predicted molar refractivity (Wildman–Crippen MR) is 54.1 cm³/mol. The van der Waals surface area contributed by atoms with E-state index >= 15 is 0 Å². The summed E-state index contributed by atoms with van der Waals surface area (Å²) in [5.74, 6) is 0.937. The summed E-state index contributed by atoms with van der Waals surface area (Å²) in [6.45, 7) is 10.1. The van der Waals surface area contributed by atoms with Crippen LogP contribution in [0.1, 0.15) is 40.0 Å². The van der Waals surface area contributed by atoms with E-state index in [4.69, 9.17) is 0 Å². The van der Waals surface area contributed by atoms with Gasteiger partial charge >= 0.3 is 0 Å². The van der Waals surface area contributed by atoms with Crippen LogP contribution in [0.15, 0.2) is 12.7 Å². The summed E-state index contributed by atoms with van der Waals surface area (Å²) < 4.78 is 0. The molecule has 0 saturated heterocycles. The third kappa shape index (κ3) is 3.91. The fourth-order valence-corrected chi connectivity index (χ4v) is 1.58. The van der Waals surface area contributed by atoms with Gasteiger partial charge < -0.3 is 5.11 Å². The SMILES string of the molecule is C=CC[C@@H](C(C)C)[C@H](O)CCC. The van der Waals surface area contributed by atoms with Gasteiger partial charge in [0.05, 0.1) is 6.10 Å². The predicted octanol–water partition coefficient (Wildman–Crippen LogP) is 3.00. The first kappa shape index (κ1) is 11.7. The van der Waals surface area contributed by atoms with Gasteiger partial charge in [-0.05, 0) is 24.7 Å². The van der Waals surface area contributed by atoms with Gasteiger partial charge in [0.25, 0.3) is 0 Å². The Kier molecular flexibility index (Phi) is 6.09. The van der Waals surface area contributed by atoms with Crippen molar-refractivity contribution >= 4 is 0 Å². The van der Waals surface area contributed by atoms with Crippen LogP contribution in [0.2, 0.25) is 0 Å². The lowest BCUT2D eigenvalue weighted by atomic mass is 9.85. The van der Waals surface area contributed by atoms with Gasteiger partial charge in [-0.1, -0.05) is 33.3 Å². The quantitative estimate of drug-likeness (QED) is 0.608. The van der Waals surface area contributed by atoms with Crippen LogP contribution in [-0.4, -0.2) is 11.2 Å². The lowest BCUT2D eigenvalue weighted by molar-refractivity contribution is 0.0746. The molecule has 1 N–H and O–H groups in total. The smallest absolute Gasteiger partial charge is 0.0573 e. The molecule has 0 aromatic carbocycles. The average Bonchev–Trinajstić information content (AvgIpc) is 1.99. The number of hydrogen-bond donors (Lipinski definition) is 1.